The Balaban J connectivity index is 1.33. The number of pyridine rings is 1. The highest BCUT2D eigenvalue weighted by molar-refractivity contribution is 5.94. The van der Waals surface area contributed by atoms with Crippen LogP contribution in [0.4, 0.5) is 5.82 Å². The number of carbonyl (C=O) groups is 1. The molecule has 0 atom stereocenters. The first kappa shape index (κ1) is 16.9. The van der Waals surface area contributed by atoms with Gasteiger partial charge in [-0.1, -0.05) is 18.2 Å². The van der Waals surface area contributed by atoms with E-state index >= 15 is 0 Å². The van der Waals surface area contributed by atoms with E-state index in [1.54, 1.807) is 24.6 Å². The summed E-state index contributed by atoms with van der Waals surface area (Å²) in [6.07, 6.45) is 6.02. The predicted octanol–water partition coefficient (Wildman–Crippen LogP) is 3.74. The number of anilines is 1. The minimum absolute atomic E-state index is 0.113. The van der Waals surface area contributed by atoms with Gasteiger partial charge in [0.25, 0.3) is 5.91 Å². The number of fused-ring (bicyclic) bond motifs is 1. The lowest BCUT2D eigenvalue weighted by Gasteiger charge is -2.07. The maximum Gasteiger partial charge on any atom is 0.251 e. The summed E-state index contributed by atoms with van der Waals surface area (Å²) in [4.78, 5) is 19.9. The van der Waals surface area contributed by atoms with Gasteiger partial charge in [-0.15, -0.1) is 0 Å². The number of aromatic amines is 1. The molecule has 0 fully saturated rings. The molecule has 0 saturated carbocycles. The molecule has 136 valence electrons. The topological polar surface area (TPSA) is 83.0 Å². The quantitative estimate of drug-likeness (QED) is 0.469. The van der Waals surface area contributed by atoms with Crippen molar-refractivity contribution in [2.24, 2.45) is 0 Å². The van der Waals surface area contributed by atoms with Gasteiger partial charge in [0.1, 0.15) is 11.6 Å². The van der Waals surface area contributed by atoms with Crippen molar-refractivity contribution in [3.8, 4) is 0 Å². The number of nitrogens with one attached hydrogen (secondary N) is 3. The lowest BCUT2D eigenvalue weighted by atomic mass is 10.1. The van der Waals surface area contributed by atoms with E-state index in [-0.39, 0.29) is 5.91 Å². The van der Waals surface area contributed by atoms with E-state index in [0.29, 0.717) is 24.5 Å². The first-order valence-electron chi connectivity index (χ1n) is 8.85. The number of benzene rings is 1. The number of furan rings is 1. The first-order chi connectivity index (χ1) is 13.3. The van der Waals surface area contributed by atoms with Gasteiger partial charge in [0.05, 0.1) is 12.8 Å². The summed E-state index contributed by atoms with van der Waals surface area (Å²) >= 11 is 0. The number of rotatable bonds is 7. The zero-order chi connectivity index (χ0) is 18.5. The molecule has 0 saturated heterocycles. The van der Waals surface area contributed by atoms with Crippen LogP contribution in [0.25, 0.3) is 10.9 Å². The Morgan fingerprint density at radius 3 is 2.96 bits per heavy atom. The standard InChI is InChI=1S/C21H20N4O2/c26-21(23-10-8-16-13-24-19-6-2-1-5-18(16)19)15-7-9-22-20(12-15)25-14-17-4-3-11-27-17/h1-7,9,11-13,24H,8,10,14H2,(H,22,25)(H,23,26). The molecule has 1 aromatic carbocycles. The van der Waals surface area contributed by atoms with Crippen molar-refractivity contribution in [2.45, 2.75) is 13.0 Å². The van der Waals surface area contributed by atoms with Crippen LogP contribution in [-0.4, -0.2) is 22.4 Å². The van der Waals surface area contributed by atoms with Gasteiger partial charge >= 0.3 is 0 Å². The van der Waals surface area contributed by atoms with Crippen LogP contribution in [0.1, 0.15) is 21.7 Å². The molecule has 1 amide bonds. The van der Waals surface area contributed by atoms with Crippen molar-refractivity contribution in [1.82, 2.24) is 15.3 Å². The summed E-state index contributed by atoms with van der Waals surface area (Å²) in [7, 11) is 0. The lowest BCUT2D eigenvalue weighted by molar-refractivity contribution is 0.0954. The second-order valence-corrected chi connectivity index (χ2v) is 6.23. The van der Waals surface area contributed by atoms with E-state index in [9.17, 15) is 4.79 Å². The Kier molecular flexibility index (Phi) is 4.87. The van der Waals surface area contributed by atoms with Gasteiger partial charge in [0.15, 0.2) is 0 Å². The van der Waals surface area contributed by atoms with Crippen LogP contribution >= 0.6 is 0 Å². The first-order valence-corrected chi connectivity index (χ1v) is 8.85. The molecule has 0 aliphatic carbocycles. The molecule has 27 heavy (non-hydrogen) atoms. The lowest BCUT2D eigenvalue weighted by Crippen LogP contribution is -2.25. The van der Waals surface area contributed by atoms with Gasteiger partial charge in [0, 0.05) is 35.4 Å². The highest BCUT2D eigenvalue weighted by atomic mass is 16.3. The Morgan fingerprint density at radius 1 is 1.15 bits per heavy atom. The van der Waals surface area contributed by atoms with E-state index in [1.165, 1.54) is 10.9 Å². The molecule has 6 nitrogen and oxygen atoms in total. The zero-order valence-electron chi connectivity index (χ0n) is 14.7. The Labute approximate surface area is 156 Å². The summed E-state index contributed by atoms with van der Waals surface area (Å²) in [6.45, 7) is 1.09. The van der Waals surface area contributed by atoms with Crippen LogP contribution in [0.3, 0.4) is 0 Å². The third-order valence-corrected chi connectivity index (χ3v) is 4.40. The average molecular weight is 360 g/mol. The normalized spacial score (nSPS) is 10.8. The van der Waals surface area contributed by atoms with Crippen molar-refractivity contribution in [3.05, 3.63) is 84.1 Å². The van der Waals surface area contributed by atoms with Gasteiger partial charge < -0.3 is 20.0 Å². The van der Waals surface area contributed by atoms with Crippen molar-refractivity contribution in [2.75, 3.05) is 11.9 Å². The number of amides is 1. The van der Waals surface area contributed by atoms with Crippen molar-refractivity contribution < 1.29 is 9.21 Å². The fraction of sp³-hybridized carbons (Fsp3) is 0.143. The van der Waals surface area contributed by atoms with Crippen LogP contribution in [0.5, 0.6) is 0 Å². The van der Waals surface area contributed by atoms with Crippen molar-refractivity contribution >= 4 is 22.6 Å². The number of carbonyl (C=O) groups excluding carboxylic acids is 1. The van der Waals surface area contributed by atoms with E-state index < -0.39 is 0 Å². The summed E-state index contributed by atoms with van der Waals surface area (Å²) in [5.74, 6) is 1.33. The number of para-hydroxylation sites is 1. The van der Waals surface area contributed by atoms with Gasteiger partial charge in [-0.2, -0.15) is 0 Å². The maximum absolute atomic E-state index is 12.4. The highest BCUT2D eigenvalue weighted by Crippen LogP contribution is 2.17. The van der Waals surface area contributed by atoms with Crippen LogP contribution in [0, 0.1) is 0 Å². The largest absolute Gasteiger partial charge is 0.467 e. The van der Waals surface area contributed by atoms with Crippen LogP contribution < -0.4 is 10.6 Å². The SMILES string of the molecule is O=C(NCCc1c[nH]c2ccccc12)c1ccnc(NCc2ccco2)c1. The molecule has 6 heteroatoms. The summed E-state index contributed by atoms with van der Waals surface area (Å²) in [5.41, 5.74) is 2.88. The average Bonchev–Trinajstić information content (AvgIpc) is 3.37. The summed E-state index contributed by atoms with van der Waals surface area (Å²) in [6, 6.07) is 15.3. The molecule has 4 rings (SSSR count). The molecule has 0 unspecified atom stereocenters. The van der Waals surface area contributed by atoms with Gasteiger partial charge in [-0.05, 0) is 42.3 Å². The smallest absolute Gasteiger partial charge is 0.251 e. The number of hydrogen-bond donors (Lipinski definition) is 3. The van der Waals surface area contributed by atoms with Crippen LogP contribution in [0.15, 0.2) is 71.6 Å². The summed E-state index contributed by atoms with van der Waals surface area (Å²) in [5, 5.41) is 7.32. The molecule has 0 aliphatic rings. The summed E-state index contributed by atoms with van der Waals surface area (Å²) < 4.78 is 5.28. The predicted molar refractivity (Wildman–Crippen MR) is 105 cm³/mol. The van der Waals surface area contributed by atoms with Gasteiger partial charge in [-0.3, -0.25) is 4.79 Å². The number of hydrogen-bond acceptors (Lipinski definition) is 4. The van der Waals surface area contributed by atoms with E-state index in [2.05, 4.69) is 26.7 Å². The van der Waals surface area contributed by atoms with Crippen LogP contribution in [-0.2, 0) is 13.0 Å². The fourth-order valence-corrected chi connectivity index (χ4v) is 3.01. The molecule has 3 aromatic heterocycles. The van der Waals surface area contributed by atoms with Crippen LogP contribution in [0.2, 0.25) is 0 Å². The van der Waals surface area contributed by atoms with Crippen molar-refractivity contribution in [1.29, 1.82) is 0 Å². The van der Waals surface area contributed by atoms with E-state index in [0.717, 1.165) is 17.7 Å². The number of aromatic nitrogens is 2. The monoisotopic (exact) mass is 360 g/mol. The van der Waals surface area contributed by atoms with Crippen molar-refractivity contribution in [3.63, 3.8) is 0 Å². The van der Waals surface area contributed by atoms with Gasteiger partial charge in [0.2, 0.25) is 0 Å². The second kappa shape index (κ2) is 7.78. The fourth-order valence-electron chi connectivity index (χ4n) is 3.01. The molecule has 0 radical (unpaired) electrons. The molecule has 4 aromatic rings. The maximum atomic E-state index is 12.4. The number of nitrogens with zero attached hydrogens (tertiary/aromatic N) is 1. The molecule has 0 spiro atoms. The molecule has 0 aliphatic heterocycles. The second-order valence-electron chi connectivity index (χ2n) is 6.23. The highest BCUT2D eigenvalue weighted by Gasteiger charge is 2.08. The Hall–Kier alpha value is -3.54. The molecule has 3 N–H and O–H groups in total. The molecular weight excluding hydrogens is 340 g/mol. The molecular formula is C21H20N4O2. The molecule has 3 heterocycles. The third-order valence-electron chi connectivity index (χ3n) is 4.40. The third kappa shape index (κ3) is 4.00. The minimum Gasteiger partial charge on any atom is -0.467 e. The Bertz CT molecular complexity index is 1040. The number of H-pyrrole nitrogens is 1. The zero-order valence-corrected chi connectivity index (χ0v) is 14.7. The van der Waals surface area contributed by atoms with Gasteiger partial charge in [-0.25, -0.2) is 4.98 Å². The minimum atomic E-state index is -0.113. The van der Waals surface area contributed by atoms with E-state index in [4.69, 9.17) is 4.42 Å². The van der Waals surface area contributed by atoms with E-state index in [1.807, 2.05) is 36.5 Å². The Morgan fingerprint density at radius 2 is 2.07 bits per heavy atom. The molecule has 0 bridgehead atoms.